The van der Waals surface area contributed by atoms with Crippen LogP contribution in [0.3, 0.4) is 0 Å². The molecular formula is C34H33FN6O2. The highest BCUT2D eigenvalue weighted by Gasteiger charge is 2.29. The number of carbonyl (C=O) groups is 2. The normalized spacial score (nSPS) is 16.4. The molecule has 1 fully saturated rings. The van der Waals surface area contributed by atoms with Gasteiger partial charge >= 0.3 is 0 Å². The first-order valence-electron chi connectivity index (χ1n) is 14.3. The molecular weight excluding hydrogens is 543 g/mol. The van der Waals surface area contributed by atoms with E-state index in [0.29, 0.717) is 28.1 Å². The first kappa shape index (κ1) is 28.3. The van der Waals surface area contributed by atoms with Crippen molar-refractivity contribution in [3.63, 3.8) is 0 Å². The fourth-order valence-electron chi connectivity index (χ4n) is 5.33. The number of carbonyl (C=O) groups excluding carboxylic acids is 2. The standard InChI is InChI=1S/C34H33FN6O2/c1-40-15-17-41(18-16-40)22-24-6-11-28(12-7-24)38-32(26-3-2-14-36-21-26)31-29-19-25(8-13-30(29)39-34(31)43)33(42)37-20-23-4-9-27(35)10-5-23/h2-14,19,21,38H,15-18,20,22H2,1H3,(H,37,42)(H,39,43). The van der Waals surface area contributed by atoms with Gasteiger partial charge in [-0.25, -0.2) is 4.39 Å². The minimum absolute atomic E-state index is 0.253. The first-order valence-corrected chi connectivity index (χ1v) is 14.3. The van der Waals surface area contributed by atoms with Crippen LogP contribution < -0.4 is 16.0 Å². The zero-order chi connectivity index (χ0) is 29.8. The van der Waals surface area contributed by atoms with Crippen molar-refractivity contribution in [1.29, 1.82) is 0 Å². The Morgan fingerprint density at radius 1 is 0.930 bits per heavy atom. The van der Waals surface area contributed by atoms with E-state index in [-0.39, 0.29) is 24.2 Å². The molecule has 0 spiro atoms. The molecule has 9 heteroatoms. The van der Waals surface area contributed by atoms with Gasteiger partial charge in [-0.3, -0.25) is 19.5 Å². The number of nitrogens with one attached hydrogen (secondary N) is 3. The maximum absolute atomic E-state index is 13.4. The molecule has 43 heavy (non-hydrogen) atoms. The van der Waals surface area contributed by atoms with Gasteiger partial charge in [0, 0.05) is 79.7 Å². The predicted octanol–water partition coefficient (Wildman–Crippen LogP) is 4.83. The highest BCUT2D eigenvalue weighted by Crippen LogP contribution is 2.38. The SMILES string of the molecule is CN1CCN(Cc2ccc(NC(=C3C(=O)Nc4ccc(C(=O)NCc5ccc(F)cc5)cc43)c3cccnc3)cc2)CC1. The molecule has 6 rings (SSSR count). The van der Waals surface area contributed by atoms with Crippen molar-refractivity contribution in [2.75, 3.05) is 43.9 Å². The number of anilines is 2. The summed E-state index contributed by atoms with van der Waals surface area (Å²) in [4.78, 5) is 35.5. The van der Waals surface area contributed by atoms with E-state index < -0.39 is 0 Å². The molecule has 3 aromatic carbocycles. The molecule has 8 nitrogen and oxygen atoms in total. The molecule has 218 valence electrons. The van der Waals surface area contributed by atoms with E-state index in [4.69, 9.17) is 0 Å². The van der Waals surface area contributed by atoms with E-state index in [1.165, 1.54) is 17.7 Å². The van der Waals surface area contributed by atoms with Gasteiger partial charge in [-0.1, -0.05) is 24.3 Å². The van der Waals surface area contributed by atoms with Gasteiger partial charge < -0.3 is 20.9 Å². The number of benzene rings is 3. The number of fused-ring (bicyclic) bond motifs is 1. The number of amides is 2. The van der Waals surface area contributed by atoms with E-state index in [2.05, 4.69) is 49.9 Å². The summed E-state index contributed by atoms with van der Waals surface area (Å²) in [7, 11) is 2.15. The lowest BCUT2D eigenvalue weighted by Gasteiger charge is -2.32. The van der Waals surface area contributed by atoms with Crippen molar-refractivity contribution < 1.29 is 14.0 Å². The second-order valence-corrected chi connectivity index (χ2v) is 10.9. The molecule has 0 aliphatic carbocycles. The Bertz CT molecular complexity index is 1650. The number of hydrogen-bond donors (Lipinski definition) is 3. The number of nitrogens with zero attached hydrogens (tertiary/aromatic N) is 3. The number of halogens is 1. The lowest BCUT2D eigenvalue weighted by atomic mass is 9.98. The number of aromatic nitrogens is 1. The Hall–Kier alpha value is -4.86. The Morgan fingerprint density at radius 2 is 1.67 bits per heavy atom. The van der Waals surface area contributed by atoms with Crippen LogP contribution >= 0.6 is 0 Å². The van der Waals surface area contributed by atoms with Crippen LogP contribution in [0.5, 0.6) is 0 Å². The number of likely N-dealkylation sites (N-methyl/N-ethyl adjacent to an activating group) is 1. The van der Waals surface area contributed by atoms with Crippen molar-refractivity contribution in [2.45, 2.75) is 13.1 Å². The van der Waals surface area contributed by atoms with Gasteiger partial charge in [-0.05, 0) is 72.8 Å². The summed E-state index contributed by atoms with van der Waals surface area (Å²) in [5.74, 6) is -0.889. The van der Waals surface area contributed by atoms with Gasteiger partial charge in [0.25, 0.3) is 11.8 Å². The van der Waals surface area contributed by atoms with Crippen molar-refractivity contribution >= 4 is 34.5 Å². The molecule has 0 unspecified atom stereocenters. The minimum Gasteiger partial charge on any atom is -0.354 e. The topological polar surface area (TPSA) is 89.6 Å². The Kier molecular flexibility index (Phi) is 8.26. The summed E-state index contributed by atoms with van der Waals surface area (Å²) in [6.45, 7) is 5.39. The maximum Gasteiger partial charge on any atom is 0.258 e. The van der Waals surface area contributed by atoms with E-state index in [1.807, 2.05) is 24.3 Å². The van der Waals surface area contributed by atoms with Crippen LogP contribution in [0.15, 0.2) is 91.3 Å². The third kappa shape index (κ3) is 6.63. The predicted molar refractivity (Wildman–Crippen MR) is 167 cm³/mol. The third-order valence-corrected chi connectivity index (χ3v) is 7.82. The van der Waals surface area contributed by atoms with Crippen LogP contribution in [-0.4, -0.2) is 59.8 Å². The van der Waals surface area contributed by atoms with Gasteiger partial charge in [0.05, 0.1) is 11.3 Å². The van der Waals surface area contributed by atoms with Crippen LogP contribution in [0.1, 0.15) is 32.6 Å². The largest absolute Gasteiger partial charge is 0.354 e. The lowest BCUT2D eigenvalue weighted by Crippen LogP contribution is -2.43. The minimum atomic E-state index is -0.329. The summed E-state index contributed by atoms with van der Waals surface area (Å²) in [6, 6.07) is 23.1. The van der Waals surface area contributed by atoms with Crippen LogP contribution in [0.25, 0.3) is 11.3 Å². The van der Waals surface area contributed by atoms with Crippen LogP contribution in [0, 0.1) is 5.82 Å². The number of hydrogen-bond acceptors (Lipinski definition) is 6. The highest BCUT2D eigenvalue weighted by atomic mass is 19.1. The molecule has 1 saturated heterocycles. The van der Waals surface area contributed by atoms with E-state index >= 15 is 0 Å². The molecule has 0 saturated carbocycles. The lowest BCUT2D eigenvalue weighted by molar-refractivity contribution is -0.110. The smallest absolute Gasteiger partial charge is 0.258 e. The molecule has 1 aromatic heterocycles. The fraction of sp³-hybridized carbons (Fsp3) is 0.206. The number of piperazine rings is 1. The van der Waals surface area contributed by atoms with Crippen LogP contribution in [0.4, 0.5) is 15.8 Å². The molecule has 0 radical (unpaired) electrons. The van der Waals surface area contributed by atoms with Gasteiger partial charge in [-0.2, -0.15) is 0 Å². The molecule has 0 bridgehead atoms. The summed E-state index contributed by atoms with van der Waals surface area (Å²) in [5, 5.41) is 9.28. The summed E-state index contributed by atoms with van der Waals surface area (Å²) in [6.07, 6.45) is 3.40. The average molecular weight is 577 g/mol. The Labute approximate surface area is 250 Å². The summed E-state index contributed by atoms with van der Waals surface area (Å²) < 4.78 is 13.2. The zero-order valence-corrected chi connectivity index (χ0v) is 23.9. The zero-order valence-electron chi connectivity index (χ0n) is 23.9. The maximum atomic E-state index is 13.4. The van der Waals surface area contributed by atoms with E-state index in [9.17, 15) is 14.0 Å². The molecule has 2 aliphatic heterocycles. The molecule has 4 aromatic rings. The Balaban J connectivity index is 1.27. The summed E-state index contributed by atoms with van der Waals surface area (Å²) >= 11 is 0. The fourth-order valence-corrected chi connectivity index (χ4v) is 5.33. The van der Waals surface area contributed by atoms with Gasteiger partial charge in [-0.15, -0.1) is 0 Å². The molecule has 3 N–H and O–H groups in total. The van der Waals surface area contributed by atoms with Crippen LogP contribution in [0.2, 0.25) is 0 Å². The second kappa shape index (κ2) is 12.6. The second-order valence-electron chi connectivity index (χ2n) is 10.9. The van der Waals surface area contributed by atoms with E-state index in [0.717, 1.165) is 49.5 Å². The van der Waals surface area contributed by atoms with Gasteiger partial charge in [0.2, 0.25) is 0 Å². The van der Waals surface area contributed by atoms with Gasteiger partial charge in [0.15, 0.2) is 0 Å². The molecule has 2 aliphatic rings. The molecule has 3 heterocycles. The third-order valence-electron chi connectivity index (χ3n) is 7.82. The van der Waals surface area contributed by atoms with E-state index in [1.54, 1.807) is 42.7 Å². The van der Waals surface area contributed by atoms with Crippen molar-refractivity contribution in [1.82, 2.24) is 20.1 Å². The molecule has 2 amide bonds. The highest BCUT2D eigenvalue weighted by molar-refractivity contribution is 6.37. The molecule has 0 atom stereocenters. The number of rotatable bonds is 8. The van der Waals surface area contributed by atoms with Crippen molar-refractivity contribution in [2.24, 2.45) is 0 Å². The van der Waals surface area contributed by atoms with Crippen molar-refractivity contribution in [3.05, 3.63) is 125 Å². The first-order chi connectivity index (χ1) is 20.9. The van der Waals surface area contributed by atoms with Crippen molar-refractivity contribution in [3.8, 4) is 0 Å². The Morgan fingerprint density at radius 3 is 2.40 bits per heavy atom. The summed E-state index contributed by atoms with van der Waals surface area (Å²) in [5.41, 5.74) is 6.28. The monoisotopic (exact) mass is 576 g/mol. The quantitative estimate of drug-likeness (QED) is 0.261. The average Bonchev–Trinajstić information content (AvgIpc) is 3.36. The van der Waals surface area contributed by atoms with Crippen LogP contribution in [-0.2, 0) is 17.9 Å². The van der Waals surface area contributed by atoms with Gasteiger partial charge in [0.1, 0.15) is 5.82 Å². The number of pyridine rings is 1.